The SMILES string of the molecule is Cc1cc(NC(=O)CCN2C(=O)N[C@]3(CCOc4ccccc43)C2=O)no1. The number of nitrogens with zero attached hydrogens (tertiary/aromatic N) is 2. The van der Waals surface area contributed by atoms with E-state index in [1.165, 1.54) is 0 Å². The van der Waals surface area contributed by atoms with Crippen LogP contribution >= 0.6 is 0 Å². The molecular formula is C18H18N4O5. The maximum atomic E-state index is 13.1. The lowest BCUT2D eigenvalue weighted by Crippen LogP contribution is -2.47. The van der Waals surface area contributed by atoms with Crippen molar-refractivity contribution in [2.24, 2.45) is 0 Å². The van der Waals surface area contributed by atoms with E-state index in [1.54, 1.807) is 31.2 Å². The molecule has 2 aliphatic rings. The van der Waals surface area contributed by atoms with Gasteiger partial charge in [0.25, 0.3) is 5.91 Å². The zero-order chi connectivity index (χ0) is 19.0. The van der Waals surface area contributed by atoms with Gasteiger partial charge in [-0.2, -0.15) is 0 Å². The lowest BCUT2D eigenvalue weighted by molar-refractivity contribution is -0.132. The summed E-state index contributed by atoms with van der Waals surface area (Å²) in [6, 6.07) is 8.22. The number of hydrogen-bond donors (Lipinski definition) is 2. The van der Waals surface area contributed by atoms with Gasteiger partial charge in [0.1, 0.15) is 11.5 Å². The number of rotatable bonds is 4. The van der Waals surface area contributed by atoms with E-state index in [2.05, 4.69) is 15.8 Å². The number of hydrogen-bond acceptors (Lipinski definition) is 6. The molecule has 0 bridgehead atoms. The second kappa shape index (κ2) is 6.42. The Morgan fingerprint density at radius 1 is 1.37 bits per heavy atom. The van der Waals surface area contributed by atoms with Gasteiger partial charge >= 0.3 is 6.03 Å². The van der Waals surface area contributed by atoms with E-state index in [4.69, 9.17) is 9.26 Å². The summed E-state index contributed by atoms with van der Waals surface area (Å²) in [5.74, 6) is 0.716. The van der Waals surface area contributed by atoms with Crippen molar-refractivity contribution < 1.29 is 23.6 Å². The van der Waals surface area contributed by atoms with Crippen LogP contribution in [0.25, 0.3) is 0 Å². The third-order valence-corrected chi connectivity index (χ3v) is 4.72. The van der Waals surface area contributed by atoms with Crippen molar-refractivity contribution in [1.82, 2.24) is 15.4 Å². The maximum absolute atomic E-state index is 13.1. The number of nitrogens with one attached hydrogen (secondary N) is 2. The maximum Gasteiger partial charge on any atom is 0.325 e. The number of para-hydroxylation sites is 1. The highest BCUT2D eigenvalue weighted by Gasteiger charge is 2.54. The molecule has 9 heteroatoms. The minimum absolute atomic E-state index is 0.0297. The normalized spacial score (nSPS) is 21.0. The van der Waals surface area contributed by atoms with Gasteiger partial charge in [0, 0.05) is 31.0 Å². The summed E-state index contributed by atoms with van der Waals surface area (Å²) in [5, 5.41) is 9.05. The van der Waals surface area contributed by atoms with E-state index < -0.39 is 11.6 Å². The van der Waals surface area contributed by atoms with Crippen molar-refractivity contribution in [3.8, 4) is 5.75 Å². The first-order valence-corrected chi connectivity index (χ1v) is 8.59. The third kappa shape index (κ3) is 2.90. The van der Waals surface area contributed by atoms with Crippen LogP contribution in [0.2, 0.25) is 0 Å². The average Bonchev–Trinajstić information content (AvgIpc) is 3.15. The number of anilines is 1. The molecule has 2 aliphatic heterocycles. The Hall–Kier alpha value is -3.36. The van der Waals surface area contributed by atoms with Gasteiger partial charge < -0.3 is 19.9 Å². The summed E-state index contributed by atoms with van der Waals surface area (Å²) in [4.78, 5) is 38.6. The van der Waals surface area contributed by atoms with Gasteiger partial charge in [-0.05, 0) is 13.0 Å². The Morgan fingerprint density at radius 3 is 2.96 bits per heavy atom. The van der Waals surface area contributed by atoms with E-state index in [-0.39, 0.29) is 24.8 Å². The largest absolute Gasteiger partial charge is 0.493 e. The molecule has 0 aliphatic carbocycles. The second-order valence-electron chi connectivity index (χ2n) is 6.51. The number of imide groups is 1. The van der Waals surface area contributed by atoms with E-state index >= 15 is 0 Å². The fourth-order valence-electron chi connectivity index (χ4n) is 3.42. The number of benzene rings is 1. The second-order valence-corrected chi connectivity index (χ2v) is 6.51. The van der Waals surface area contributed by atoms with Gasteiger partial charge in [-0.15, -0.1) is 0 Å². The quantitative estimate of drug-likeness (QED) is 0.789. The molecule has 1 aromatic heterocycles. The smallest absolute Gasteiger partial charge is 0.325 e. The first-order chi connectivity index (χ1) is 13.0. The molecule has 1 saturated heterocycles. The van der Waals surface area contributed by atoms with Gasteiger partial charge in [0.15, 0.2) is 11.4 Å². The highest BCUT2D eigenvalue weighted by Crippen LogP contribution is 2.40. The van der Waals surface area contributed by atoms with Gasteiger partial charge in [0.2, 0.25) is 5.91 Å². The number of fused-ring (bicyclic) bond motifs is 2. The van der Waals surface area contributed by atoms with Crippen LogP contribution in [0.1, 0.15) is 24.2 Å². The zero-order valence-corrected chi connectivity index (χ0v) is 14.7. The number of urea groups is 1. The Labute approximate surface area is 154 Å². The molecule has 3 heterocycles. The highest BCUT2D eigenvalue weighted by atomic mass is 16.5. The summed E-state index contributed by atoms with van der Waals surface area (Å²) in [6.45, 7) is 2.00. The van der Waals surface area contributed by atoms with Crippen molar-refractivity contribution in [1.29, 1.82) is 0 Å². The fraction of sp³-hybridized carbons (Fsp3) is 0.333. The standard InChI is InChI=1S/C18H18N4O5/c1-11-10-14(21-27-11)19-15(23)6-8-22-16(24)18(20-17(22)25)7-9-26-13-5-3-2-4-12(13)18/h2-5,10H,6-9H2,1H3,(H,20,25)(H,19,21,23)/t18-/m0/s1. The fourth-order valence-corrected chi connectivity index (χ4v) is 3.42. The van der Waals surface area contributed by atoms with Crippen LogP contribution in [-0.2, 0) is 15.1 Å². The van der Waals surface area contributed by atoms with Crippen LogP contribution < -0.4 is 15.4 Å². The summed E-state index contributed by atoms with van der Waals surface area (Å²) >= 11 is 0. The van der Waals surface area contributed by atoms with E-state index in [9.17, 15) is 14.4 Å². The number of carbonyl (C=O) groups is 3. The molecule has 1 fully saturated rings. The van der Waals surface area contributed by atoms with Crippen LogP contribution in [0.15, 0.2) is 34.9 Å². The first-order valence-electron chi connectivity index (χ1n) is 8.59. The third-order valence-electron chi connectivity index (χ3n) is 4.72. The predicted octanol–water partition coefficient (Wildman–Crippen LogP) is 1.54. The number of carbonyl (C=O) groups excluding carboxylic acids is 3. The van der Waals surface area contributed by atoms with E-state index in [0.717, 1.165) is 4.90 Å². The Morgan fingerprint density at radius 2 is 2.19 bits per heavy atom. The predicted molar refractivity (Wildman–Crippen MR) is 93.0 cm³/mol. The Kier molecular flexibility index (Phi) is 4.06. The number of aryl methyl sites for hydroxylation is 1. The van der Waals surface area contributed by atoms with Crippen LogP contribution in [0, 0.1) is 6.92 Å². The minimum atomic E-state index is -1.13. The molecule has 0 unspecified atom stereocenters. The highest BCUT2D eigenvalue weighted by molar-refractivity contribution is 6.08. The van der Waals surface area contributed by atoms with Crippen molar-refractivity contribution in [2.75, 3.05) is 18.5 Å². The van der Waals surface area contributed by atoms with Gasteiger partial charge in [-0.25, -0.2) is 4.79 Å². The molecule has 140 valence electrons. The summed E-state index contributed by atoms with van der Waals surface area (Å²) in [7, 11) is 0. The van der Waals surface area contributed by atoms with Crippen LogP contribution in [0.5, 0.6) is 5.75 Å². The lowest BCUT2D eigenvalue weighted by Gasteiger charge is -2.33. The Balaban J connectivity index is 1.47. The van der Waals surface area contributed by atoms with Gasteiger partial charge in [-0.1, -0.05) is 23.4 Å². The number of ether oxygens (including phenoxy) is 1. The molecule has 27 heavy (non-hydrogen) atoms. The minimum Gasteiger partial charge on any atom is -0.493 e. The summed E-state index contributed by atoms with van der Waals surface area (Å²) in [5.41, 5.74) is -0.495. The molecule has 0 radical (unpaired) electrons. The van der Waals surface area contributed by atoms with Gasteiger partial charge in [-0.3, -0.25) is 14.5 Å². The van der Waals surface area contributed by atoms with Crippen molar-refractivity contribution >= 4 is 23.7 Å². The van der Waals surface area contributed by atoms with Crippen molar-refractivity contribution in [3.63, 3.8) is 0 Å². The molecule has 1 atom stereocenters. The number of amides is 4. The zero-order valence-electron chi connectivity index (χ0n) is 14.7. The van der Waals surface area contributed by atoms with Crippen molar-refractivity contribution in [3.05, 3.63) is 41.7 Å². The van der Waals surface area contributed by atoms with Gasteiger partial charge in [0.05, 0.1) is 6.61 Å². The Bertz CT molecular complexity index is 924. The summed E-state index contributed by atoms with van der Waals surface area (Å²) < 4.78 is 10.5. The topological polar surface area (TPSA) is 114 Å². The molecule has 9 nitrogen and oxygen atoms in total. The molecule has 2 N–H and O–H groups in total. The van der Waals surface area contributed by atoms with E-state index in [0.29, 0.717) is 35.9 Å². The van der Waals surface area contributed by atoms with Crippen LogP contribution in [-0.4, -0.2) is 41.1 Å². The molecule has 2 aromatic rings. The monoisotopic (exact) mass is 370 g/mol. The van der Waals surface area contributed by atoms with Crippen molar-refractivity contribution in [2.45, 2.75) is 25.3 Å². The lowest BCUT2D eigenvalue weighted by atomic mass is 9.84. The molecule has 0 saturated carbocycles. The molecular weight excluding hydrogens is 352 g/mol. The summed E-state index contributed by atoms with van der Waals surface area (Å²) in [6.07, 6.45) is 0.300. The van der Waals surface area contributed by atoms with Crippen LogP contribution in [0.3, 0.4) is 0 Å². The molecule has 1 aromatic carbocycles. The van der Waals surface area contributed by atoms with Crippen LogP contribution in [0.4, 0.5) is 10.6 Å². The first kappa shape index (κ1) is 17.1. The number of aromatic nitrogens is 1. The van der Waals surface area contributed by atoms with E-state index in [1.807, 2.05) is 6.07 Å². The average molecular weight is 370 g/mol. The molecule has 4 amide bonds. The molecule has 4 rings (SSSR count). The molecule has 1 spiro atoms.